The molecule has 75 heavy (non-hydrogen) atoms. The van der Waals surface area contributed by atoms with E-state index in [4.69, 9.17) is 0 Å². The molecule has 5 unspecified atom stereocenters. The van der Waals surface area contributed by atoms with Crippen molar-refractivity contribution in [2.24, 2.45) is 11.8 Å². The number of fused-ring (bicyclic) bond motifs is 17. The van der Waals surface area contributed by atoms with Gasteiger partial charge in [-0.1, -0.05) is 243 Å². The fourth-order valence-corrected chi connectivity index (χ4v) is 16.9. The Morgan fingerprint density at radius 3 is 1.72 bits per heavy atom. The number of rotatable bonds is 6. The summed E-state index contributed by atoms with van der Waals surface area (Å²) in [5, 5.41) is 0. The van der Waals surface area contributed by atoms with Crippen LogP contribution in [-0.4, -0.2) is 3.92 Å². The smallest absolute Gasteiger partial charge is 0.0720 e. The van der Waals surface area contributed by atoms with Crippen LogP contribution in [0.5, 0.6) is 0 Å². The highest BCUT2D eigenvalue weighted by Crippen LogP contribution is 2.66. The number of para-hydroxylation sites is 1. The summed E-state index contributed by atoms with van der Waals surface area (Å²) in [6.07, 6.45) is 6.46. The summed E-state index contributed by atoms with van der Waals surface area (Å²) < 4.78 is 0.712. The molecule has 5 aliphatic carbocycles. The second-order valence-corrected chi connectivity index (χ2v) is 24.5. The van der Waals surface area contributed by atoms with Gasteiger partial charge in [0.1, 0.15) is 0 Å². The summed E-state index contributed by atoms with van der Waals surface area (Å²) in [5.41, 5.74) is 26.8. The Morgan fingerprint density at radius 2 is 0.947 bits per heavy atom. The van der Waals surface area contributed by atoms with Crippen molar-refractivity contribution in [2.45, 2.75) is 66.1 Å². The molecular formula is C73H58IN. The van der Waals surface area contributed by atoms with Gasteiger partial charge in [0.2, 0.25) is 0 Å². The Bertz CT molecular complexity index is 3890. The van der Waals surface area contributed by atoms with E-state index in [1.807, 2.05) is 0 Å². The predicted octanol–water partition coefficient (Wildman–Crippen LogP) is 19.4. The second-order valence-electron chi connectivity index (χ2n) is 22.7. The second kappa shape index (κ2) is 17.1. The summed E-state index contributed by atoms with van der Waals surface area (Å²) in [5.74, 6) is 1.43. The number of hydrogen-bond acceptors (Lipinski definition) is 1. The number of halogens is 1. The standard InChI is InChI=1S/C73H58IN/c1-71(2)62-27-14-15-28-63(62)73(64-39-36-52(44-67(64)71)49-20-7-4-8-21-49)61-26-13-10-24-59(61)70-65(73)29-17-31-69(70)75(68-30-16-11-22-56(68)51-34-32-50(33-35-51)48-18-5-3-6-19-48)55-37-38-58-57-23-9-12-25-60(57)72(66(58)46-55)41-40-47-42-53(72)45-54(74)43-47/h3-39,44,46-47,53-54H,40-43,45H2,1-2H3. The van der Waals surface area contributed by atoms with Crippen molar-refractivity contribution in [1.82, 2.24) is 0 Å². The maximum atomic E-state index is 2.79. The Morgan fingerprint density at radius 1 is 0.387 bits per heavy atom. The van der Waals surface area contributed by atoms with Gasteiger partial charge in [-0.15, -0.1) is 0 Å². The van der Waals surface area contributed by atoms with E-state index < -0.39 is 5.41 Å². The van der Waals surface area contributed by atoms with E-state index in [1.54, 1.807) is 5.56 Å². The lowest BCUT2D eigenvalue weighted by Crippen LogP contribution is -2.44. The molecule has 15 rings (SSSR count). The van der Waals surface area contributed by atoms with Crippen LogP contribution < -0.4 is 4.90 Å². The quantitative estimate of drug-likeness (QED) is 0.118. The molecule has 0 N–H and O–H groups in total. The van der Waals surface area contributed by atoms with Crippen LogP contribution in [0.15, 0.2) is 237 Å². The van der Waals surface area contributed by atoms with Crippen molar-refractivity contribution >= 4 is 39.7 Å². The zero-order chi connectivity index (χ0) is 50.0. The summed E-state index contributed by atoms with van der Waals surface area (Å²) >= 11 is 2.79. The number of benzene rings is 10. The normalized spacial score (nSPS) is 21.9. The molecule has 362 valence electrons. The molecule has 0 aliphatic heterocycles. The minimum Gasteiger partial charge on any atom is -0.309 e. The van der Waals surface area contributed by atoms with Gasteiger partial charge >= 0.3 is 0 Å². The van der Waals surface area contributed by atoms with Gasteiger partial charge in [0.25, 0.3) is 0 Å². The first kappa shape index (κ1) is 45.2. The molecule has 0 aromatic heterocycles. The molecule has 1 nitrogen and oxygen atoms in total. The number of nitrogens with zero attached hydrogens (tertiary/aromatic N) is 1. The summed E-state index contributed by atoms with van der Waals surface area (Å²) in [6, 6.07) is 90.6. The van der Waals surface area contributed by atoms with E-state index in [2.05, 4.69) is 278 Å². The summed E-state index contributed by atoms with van der Waals surface area (Å²) in [4.78, 5) is 2.66. The highest BCUT2D eigenvalue weighted by Gasteiger charge is 2.56. The maximum absolute atomic E-state index is 2.79. The molecule has 2 heteroatoms. The lowest BCUT2D eigenvalue weighted by Gasteiger charge is -2.50. The van der Waals surface area contributed by atoms with Crippen LogP contribution in [0.4, 0.5) is 17.1 Å². The van der Waals surface area contributed by atoms with Gasteiger partial charge < -0.3 is 4.90 Å². The van der Waals surface area contributed by atoms with Crippen molar-refractivity contribution < 1.29 is 0 Å². The van der Waals surface area contributed by atoms with Gasteiger partial charge in [0.15, 0.2) is 0 Å². The van der Waals surface area contributed by atoms with Crippen LogP contribution in [0.1, 0.15) is 90.5 Å². The minimum atomic E-state index is -0.559. The number of anilines is 3. The van der Waals surface area contributed by atoms with Crippen molar-refractivity contribution in [3.8, 4) is 55.6 Å². The first-order chi connectivity index (χ1) is 36.8. The molecule has 2 spiro atoms. The summed E-state index contributed by atoms with van der Waals surface area (Å²) in [7, 11) is 0. The molecular weight excluding hydrogens is 1020 g/mol. The zero-order valence-corrected chi connectivity index (χ0v) is 44.8. The van der Waals surface area contributed by atoms with Gasteiger partial charge in [-0.3, -0.25) is 0 Å². The molecule has 10 aromatic carbocycles. The molecule has 0 heterocycles. The van der Waals surface area contributed by atoms with E-state index in [-0.39, 0.29) is 10.8 Å². The van der Waals surface area contributed by atoms with Crippen molar-refractivity contribution in [2.75, 3.05) is 4.90 Å². The zero-order valence-electron chi connectivity index (χ0n) is 42.6. The largest absolute Gasteiger partial charge is 0.309 e. The van der Waals surface area contributed by atoms with Gasteiger partial charge in [-0.25, -0.2) is 0 Å². The Hall–Kier alpha value is -7.27. The van der Waals surface area contributed by atoms with Gasteiger partial charge in [-0.2, -0.15) is 0 Å². The highest BCUT2D eigenvalue weighted by molar-refractivity contribution is 14.1. The average Bonchev–Trinajstić information content (AvgIpc) is 3.92. The van der Waals surface area contributed by atoms with Gasteiger partial charge in [0, 0.05) is 31.6 Å². The molecule has 0 amide bonds. The Labute approximate surface area is 456 Å². The Kier molecular flexibility index (Phi) is 10.3. The van der Waals surface area contributed by atoms with Crippen LogP contribution in [0.2, 0.25) is 0 Å². The molecule has 10 aromatic rings. The van der Waals surface area contributed by atoms with Gasteiger partial charge in [-0.05, 0) is 163 Å². The van der Waals surface area contributed by atoms with Crippen molar-refractivity contribution in [1.29, 1.82) is 0 Å². The monoisotopic (exact) mass is 1080 g/mol. The highest BCUT2D eigenvalue weighted by atomic mass is 127. The maximum Gasteiger partial charge on any atom is 0.0720 e. The lowest BCUT2D eigenvalue weighted by atomic mass is 9.55. The number of alkyl halides is 1. The van der Waals surface area contributed by atoms with Crippen LogP contribution >= 0.6 is 22.6 Å². The minimum absolute atomic E-state index is 0.0169. The molecule has 5 aliphatic rings. The average molecular weight is 1080 g/mol. The third-order valence-corrected chi connectivity index (χ3v) is 19.8. The lowest BCUT2D eigenvalue weighted by molar-refractivity contribution is 0.124. The molecule has 2 fully saturated rings. The topological polar surface area (TPSA) is 3.24 Å². The molecule has 0 saturated heterocycles. The first-order valence-corrected chi connectivity index (χ1v) is 28.6. The van der Waals surface area contributed by atoms with E-state index in [0.717, 1.165) is 5.92 Å². The molecule has 5 atom stereocenters. The van der Waals surface area contributed by atoms with E-state index >= 15 is 0 Å². The fraction of sp³-hybridized carbons (Fsp3) is 0.178. The van der Waals surface area contributed by atoms with Crippen LogP contribution in [0.3, 0.4) is 0 Å². The fourth-order valence-electron chi connectivity index (χ4n) is 15.6. The summed E-state index contributed by atoms with van der Waals surface area (Å²) in [6.45, 7) is 4.88. The van der Waals surface area contributed by atoms with E-state index in [0.29, 0.717) is 9.84 Å². The van der Waals surface area contributed by atoms with Crippen molar-refractivity contribution in [3.63, 3.8) is 0 Å². The molecule has 2 bridgehead atoms. The molecule has 0 radical (unpaired) electrons. The van der Waals surface area contributed by atoms with Crippen molar-refractivity contribution in [3.05, 3.63) is 281 Å². The van der Waals surface area contributed by atoms with E-state index in [9.17, 15) is 0 Å². The first-order valence-electron chi connectivity index (χ1n) is 27.3. The van der Waals surface area contributed by atoms with E-state index in [1.165, 1.54) is 144 Å². The third-order valence-electron chi connectivity index (χ3n) is 18.8. The Balaban J connectivity index is 1.000. The SMILES string of the molecule is CC1(C)c2ccccc2C2(c3ccccc3-c3c(N(c4ccc5c(c4)C4(CCC6CC(I)CC4C6)c4ccccc4-5)c4ccccc4-c4ccc(-c5ccccc5)cc4)cccc32)c2ccc(-c3ccccc3)cc21. The third kappa shape index (κ3) is 6.54. The molecule has 2 saturated carbocycles. The van der Waals surface area contributed by atoms with Crippen LogP contribution in [0.25, 0.3) is 55.6 Å². The van der Waals surface area contributed by atoms with Crippen LogP contribution in [0, 0.1) is 11.8 Å². The van der Waals surface area contributed by atoms with Gasteiger partial charge in [0.05, 0.1) is 16.8 Å². The predicted molar refractivity (Wildman–Crippen MR) is 321 cm³/mol. The van der Waals surface area contributed by atoms with Crippen LogP contribution in [-0.2, 0) is 16.2 Å². The number of hydrogen-bond donors (Lipinski definition) is 0.